The first kappa shape index (κ1) is 19.5. The summed E-state index contributed by atoms with van der Waals surface area (Å²) in [5.41, 5.74) is 1.93. The molecule has 0 amide bonds. The quantitative estimate of drug-likeness (QED) is 0.637. The molecule has 3 heterocycles. The minimum atomic E-state index is -3.34. The van der Waals surface area contributed by atoms with Crippen LogP contribution < -0.4 is 4.90 Å². The fraction of sp³-hybridized carbons (Fsp3) is 0.350. The fourth-order valence-electron chi connectivity index (χ4n) is 3.44. The van der Waals surface area contributed by atoms with Crippen LogP contribution in [-0.2, 0) is 15.8 Å². The van der Waals surface area contributed by atoms with Gasteiger partial charge < -0.3 is 4.90 Å². The van der Waals surface area contributed by atoms with Crippen molar-refractivity contribution in [3.8, 4) is 5.82 Å². The number of aryl methyl sites for hydroxylation is 2. The molecule has 0 spiro atoms. The number of aromatic nitrogens is 4. The van der Waals surface area contributed by atoms with Crippen LogP contribution in [0.2, 0.25) is 0 Å². The molecule has 1 aromatic carbocycles. The van der Waals surface area contributed by atoms with Crippen LogP contribution in [0.5, 0.6) is 0 Å². The van der Waals surface area contributed by atoms with Gasteiger partial charge in [-0.2, -0.15) is 4.31 Å². The molecule has 1 saturated heterocycles. The first-order valence-corrected chi connectivity index (χ1v) is 11.1. The highest BCUT2D eigenvalue weighted by Gasteiger charge is 2.27. The van der Waals surface area contributed by atoms with E-state index in [4.69, 9.17) is 0 Å². The molecule has 9 heteroatoms. The molecule has 0 unspecified atom stereocenters. The zero-order valence-corrected chi connectivity index (χ0v) is 17.4. The number of hydrogen-bond donors (Lipinski definition) is 0. The fourth-order valence-corrected chi connectivity index (χ4v) is 4.96. The van der Waals surface area contributed by atoms with Crippen molar-refractivity contribution < 1.29 is 8.42 Å². The summed E-state index contributed by atoms with van der Waals surface area (Å²) in [7, 11) is -3.34. The topological polar surface area (TPSA) is 84.2 Å². The van der Waals surface area contributed by atoms with Crippen molar-refractivity contribution in [2.24, 2.45) is 0 Å². The second kappa shape index (κ2) is 7.92. The molecule has 1 aliphatic rings. The zero-order valence-electron chi connectivity index (χ0n) is 16.6. The van der Waals surface area contributed by atoms with Gasteiger partial charge in [0, 0.05) is 44.6 Å². The van der Waals surface area contributed by atoms with Crippen LogP contribution in [0.3, 0.4) is 0 Å². The summed E-state index contributed by atoms with van der Waals surface area (Å²) in [5.74, 6) is 2.42. The van der Waals surface area contributed by atoms with Crippen LogP contribution >= 0.6 is 0 Å². The lowest BCUT2D eigenvalue weighted by Crippen LogP contribution is -2.49. The van der Waals surface area contributed by atoms with Crippen LogP contribution in [0.4, 0.5) is 5.82 Å². The summed E-state index contributed by atoms with van der Waals surface area (Å²) in [6, 6.07) is 9.55. The van der Waals surface area contributed by atoms with Crippen molar-refractivity contribution in [1.29, 1.82) is 0 Å². The van der Waals surface area contributed by atoms with Gasteiger partial charge in [-0.05, 0) is 19.4 Å². The smallest absolute Gasteiger partial charge is 0.218 e. The Hall–Kier alpha value is -2.78. The number of sulfonamides is 1. The van der Waals surface area contributed by atoms with Crippen LogP contribution in [0.15, 0.2) is 49.1 Å². The highest BCUT2D eigenvalue weighted by Crippen LogP contribution is 2.19. The molecule has 2 aromatic heterocycles. The van der Waals surface area contributed by atoms with Gasteiger partial charge in [-0.1, -0.05) is 29.8 Å². The number of nitrogens with zero attached hydrogens (tertiary/aromatic N) is 6. The van der Waals surface area contributed by atoms with Gasteiger partial charge in [0.2, 0.25) is 10.0 Å². The molecule has 3 aromatic rings. The minimum Gasteiger partial charge on any atom is -0.354 e. The van der Waals surface area contributed by atoms with Crippen LogP contribution in [0.1, 0.15) is 17.0 Å². The van der Waals surface area contributed by atoms with E-state index in [1.807, 2.05) is 54.9 Å². The van der Waals surface area contributed by atoms with Crippen molar-refractivity contribution in [3.63, 3.8) is 0 Å². The number of rotatable bonds is 5. The maximum Gasteiger partial charge on any atom is 0.218 e. The summed E-state index contributed by atoms with van der Waals surface area (Å²) >= 11 is 0. The highest BCUT2D eigenvalue weighted by atomic mass is 32.2. The summed E-state index contributed by atoms with van der Waals surface area (Å²) in [6.07, 6.45) is 5.12. The second-order valence-corrected chi connectivity index (χ2v) is 9.18. The number of anilines is 1. The predicted molar refractivity (Wildman–Crippen MR) is 111 cm³/mol. The SMILES string of the molecule is Cc1ccc(CS(=O)(=O)N2CCN(c3cc(-n4ccnc4C)ncn3)CC2)cc1. The molecule has 1 aliphatic heterocycles. The molecule has 1 fully saturated rings. The second-order valence-electron chi connectivity index (χ2n) is 7.21. The number of piperazine rings is 1. The molecular weight excluding hydrogens is 388 g/mol. The van der Waals surface area contributed by atoms with Crippen molar-refractivity contribution >= 4 is 15.8 Å². The summed E-state index contributed by atoms with van der Waals surface area (Å²) < 4.78 is 29.1. The average molecular weight is 413 g/mol. The third-order valence-electron chi connectivity index (χ3n) is 5.14. The van der Waals surface area contributed by atoms with Gasteiger partial charge >= 0.3 is 0 Å². The first-order chi connectivity index (χ1) is 13.9. The molecular formula is C20H24N6O2S. The van der Waals surface area contributed by atoms with E-state index in [1.54, 1.807) is 10.5 Å². The molecule has 0 aliphatic carbocycles. The summed E-state index contributed by atoms with van der Waals surface area (Å²) in [4.78, 5) is 15.0. The lowest BCUT2D eigenvalue weighted by atomic mass is 10.2. The molecule has 29 heavy (non-hydrogen) atoms. The summed E-state index contributed by atoms with van der Waals surface area (Å²) in [5, 5.41) is 0. The van der Waals surface area contributed by atoms with E-state index in [-0.39, 0.29) is 5.75 Å². The molecule has 8 nitrogen and oxygen atoms in total. The molecule has 4 rings (SSSR count). The van der Waals surface area contributed by atoms with E-state index in [9.17, 15) is 8.42 Å². The molecule has 0 radical (unpaired) electrons. The van der Waals surface area contributed by atoms with Crippen molar-refractivity contribution in [1.82, 2.24) is 23.8 Å². The van der Waals surface area contributed by atoms with Crippen LogP contribution in [0.25, 0.3) is 5.82 Å². The van der Waals surface area contributed by atoms with Crippen molar-refractivity contribution in [2.75, 3.05) is 31.1 Å². The molecule has 0 N–H and O–H groups in total. The third-order valence-corrected chi connectivity index (χ3v) is 6.99. The van der Waals surface area contributed by atoms with E-state index in [0.29, 0.717) is 26.2 Å². The molecule has 0 saturated carbocycles. The van der Waals surface area contributed by atoms with Gasteiger partial charge in [0.25, 0.3) is 0 Å². The Kier molecular flexibility index (Phi) is 5.33. The van der Waals surface area contributed by atoms with Gasteiger partial charge in [0.15, 0.2) is 0 Å². The van der Waals surface area contributed by atoms with Crippen LogP contribution in [-0.4, -0.2) is 58.4 Å². The normalized spacial score (nSPS) is 15.6. The molecule has 0 bridgehead atoms. The van der Waals surface area contributed by atoms with Crippen LogP contribution in [0, 0.1) is 13.8 Å². The van der Waals surface area contributed by atoms with Gasteiger partial charge in [0.05, 0.1) is 5.75 Å². The Morgan fingerprint density at radius 1 is 0.931 bits per heavy atom. The van der Waals surface area contributed by atoms with E-state index in [2.05, 4.69) is 19.9 Å². The monoisotopic (exact) mass is 412 g/mol. The van der Waals surface area contributed by atoms with Crippen molar-refractivity contribution in [3.05, 3.63) is 66.0 Å². The minimum absolute atomic E-state index is 0.0326. The molecule has 0 atom stereocenters. The highest BCUT2D eigenvalue weighted by molar-refractivity contribution is 7.88. The number of imidazole rings is 1. The Bertz CT molecular complexity index is 1090. The van der Waals surface area contributed by atoms with E-state index in [0.717, 1.165) is 28.6 Å². The lowest BCUT2D eigenvalue weighted by molar-refractivity contribution is 0.383. The van der Waals surface area contributed by atoms with Gasteiger partial charge in [-0.25, -0.2) is 23.4 Å². The Balaban J connectivity index is 1.43. The Labute approximate surface area is 170 Å². The number of benzene rings is 1. The number of hydrogen-bond acceptors (Lipinski definition) is 6. The van der Waals surface area contributed by atoms with Gasteiger partial charge in [-0.3, -0.25) is 4.57 Å². The standard InChI is InChI=1S/C20H24N6O2S/c1-16-3-5-18(6-4-16)14-29(27,28)25-11-9-24(10-12-25)19-13-20(23-15-22-19)26-8-7-21-17(26)2/h3-8,13,15H,9-12,14H2,1-2H3. The van der Waals surface area contributed by atoms with Gasteiger partial charge in [-0.15, -0.1) is 0 Å². The zero-order chi connectivity index (χ0) is 20.4. The first-order valence-electron chi connectivity index (χ1n) is 9.53. The van der Waals surface area contributed by atoms with E-state index < -0.39 is 10.0 Å². The lowest BCUT2D eigenvalue weighted by Gasteiger charge is -2.34. The largest absolute Gasteiger partial charge is 0.354 e. The van der Waals surface area contributed by atoms with E-state index >= 15 is 0 Å². The maximum atomic E-state index is 12.8. The predicted octanol–water partition coefficient (Wildman–Crippen LogP) is 1.93. The summed E-state index contributed by atoms with van der Waals surface area (Å²) in [6.45, 7) is 5.97. The van der Waals surface area contributed by atoms with E-state index in [1.165, 1.54) is 6.33 Å². The molecule has 152 valence electrons. The third kappa shape index (κ3) is 4.30. The van der Waals surface area contributed by atoms with Gasteiger partial charge in [0.1, 0.15) is 23.8 Å². The van der Waals surface area contributed by atoms with Crippen molar-refractivity contribution in [2.45, 2.75) is 19.6 Å². The Morgan fingerprint density at radius 3 is 2.28 bits per heavy atom. The average Bonchev–Trinajstić information content (AvgIpc) is 3.16. The Morgan fingerprint density at radius 2 is 1.62 bits per heavy atom. The maximum absolute atomic E-state index is 12.8.